The summed E-state index contributed by atoms with van der Waals surface area (Å²) in [5.41, 5.74) is 7.22. The molecular formula is C14H23FN2O. The van der Waals surface area contributed by atoms with Crippen LogP contribution in [0.3, 0.4) is 0 Å². The number of nitrogens with two attached hydrogens (primary N) is 1. The van der Waals surface area contributed by atoms with Crippen LogP contribution in [-0.4, -0.2) is 19.2 Å². The van der Waals surface area contributed by atoms with Crippen molar-refractivity contribution in [3.63, 3.8) is 0 Å². The smallest absolute Gasteiger partial charge is 0.167 e. The Kier molecular flexibility index (Phi) is 5.25. The maximum Gasteiger partial charge on any atom is 0.167 e. The molecule has 0 fully saturated rings. The van der Waals surface area contributed by atoms with Gasteiger partial charge in [-0.3, -0.25) is 0 Å². The van der Waals surface area contributed by atoms with Crippen molar-refractivity contribution in [3.05, 3.63) is 17.9 Å². The highest BCUT2D eigenvalue weighted by molar-refractivity contribution is 5.70. The first-order valence-corrected chi connectivity index (χ1v) is 6.49. The second-order valence-electron chi connectivity index (χ2n) is 4.56. The number of benzene rings is 1. The number of halogens is 1. The summed E-state index contributed by atoms with van der Waals surface area (Å²) in [4.78, 5) is 2.16. The molecule has 1 rings (SSSR count). The lowest BCUT2D eigenvalue weighted by Crippen LogP contribution is -2.32. The zero-order chi connectivity index (χ0) is 13.7. The lowest BCUT2D eigenvalue weighted by Gasteiger charge is -2.30. The van der Waals surface area contributed by atoms with E-state index >= 15 is 0 Å². The highest BCUT2D eigenvalue weighted by Gasteiger charge is 2.16. The van der Waals surface area contributed by atoms with E-state index in [4.69, 9.17) is 10.5 Å². The van der Waals surface area contributed by atoms with Crippen molar-refractivity contribution < 1.29 is 9.13 Å². The fourth-order valence-corrected chi connectivity index (χ4v) is 1.97. The van der Waals surface area contributed by atoms with Crippen molar-refractivity contribution in [2.24, 2.45) is 0 Å². The number of rotatable bonds is 6. The molecule has 0 atom stereocenters. The second kappa shape index (κ2) is 6.47. The largest absolute Gasteiger partial charge is 0.491 e. The fourth-order valence-electron chi connectivity index (χ4n) is 1.97. The van der Waals surface area contributed by atoms with E-state index in [0.29, 0.717) is 18.3 Å². The van der Waals surface area contributed by atoms with E-state index in [1.807, 2.05) is 6.92 Å². The third kappa shape index (κ3) is 3.28. The summed E-state index contributed by atoms with van der Waals surface area (Å²) in [6.07, 6.45) is 1.01. The van der Waals surface area contributed by atoms with Crippen LogP contribution in [0.5, 0.6) is 5.75 Å². The van der Waals surface area contributed by atoms with Crippen molar-refractivity contribution in [3.8, 4) is 5.75 Å². The van der Waals surface area contributed by atoms with Gasteiger partial charge in [0.1, 0.15) is 0 Å². The van der Waals surface area contributed by atoms with Crippen molar-refractivity contribution >= 4 is 11.4 Å². The highest BCUT2D eigenvalue weighted by Crippen LogP contribution is 2.32. The zero-order valence-corrected chi connectivity index (χ0v) is 11.7. The predicted octanol–water partition coefficient (Wildman–Crippen LogP) is 3.43. The first-order valence-electron chi connectivity index (χ1n) is 6.49. The molecule has 0 spiro atoms. The maximum atomic E-state index is 13.6. The van der Waals surface area contributed by atoms with Gasteiger partial charge in [-0.25, -0.2) is 4.39 Å². The normalized spacial score (nSPS) is 10.8. The summed E-state index contributed by atoms with van der Waals surface area (Å²) in [5.74, 6) is -0.137. The van der Waals surface area contributed by atoms with Gasteiger partial charge in [0.15, 0.2) is 11.6 Å². The van der Waals surface area contributed by atoms with E-state index in [1.54, 1.807) is 6.07 Å². The molecule has 0 aliphatic heterocycles. The molecule has 0 heterocycles. The highest BCUT2D eigenvalue weighted by atomic mass is 19.1. The van der Waals surface area contributed by atoms with Gasteiger partial charge in [0.25, 0.3) is 0 Å². The fraction of sp³-hybridized carbons (Fsp3) is 0.571. The minimum absolute atomic E-state index is 0.267. The van der Waals surface area contributed by atoms with Gasteiger partial charge < -0.3 is 15.4 Å². The number of anilines is 2. The lowest BCUT2D eigenvalue weighted by atomic mass is 10.2. The molecule has 1 aromatic carbocycles. The van der Waals surface area contributed by atoms with E-state index < -0.39 is 5.82 Å². The Labute approximate surface area is 109 Å². The zero-order valence-electron chi connectivity index (χ0n) is 11.7. The topological polar surface area (TPSA) is 38.5 Å². The lowest BCUT2D eigenvalue weighted by molar-refractivity contribution is 0.321. The van der Waals surface area contributed by atoms with Crippen molar-refractivity contribution in [2.75, 3.05) is 23.8 Å². The van der Waals surface area contributed by atoms with E-state index in [2.05, 4.69) is 25.7 Å². The van der Waals surface area contributed by atoms with Crippen LogP contribution in [0.25, 0.3) is 0 Å². The molecule has 0 aliphatic carbocycles. The Morgan fingerprint density at radius 3 is 2.50 bits per heavy atom. The number of hydrogen-bond donors (Lipinski definition) is 1. The van der Waals surface area contributed by atoms with Gasteiger partial charge >= 0.3 is 0 Å². The molecule has 0 aromatic heterocycles. The molecule has 0 bridgehead atoms. The second-order valence-corrected chi connectivity index (χ2v) is 4.56. The van der Waals surface area contributed by atoms with Gasteiger partial charge in [0, 0.05) is 24.7 Å². The number of nitrogens with zero attached hydrogens (tertiary/aromatic N) is 1. The van der Waals surface area contributed by atoms with E-state index in [0.717, 1.165) is 18.7 Å². The minimum Gasteiger partial charge on any atom is -0.491 e. The Balaban J connectivity index is 3.16. The molecule has 18 heavy (non-hydrogen) atoms. The van der Waals surface area contributed by atoms with E-state index in [9.17, 15) is 4.39 Å². The molecule has 1 aromatic rings. The standard InChI is InChI=1S/C14H23FN2O/c1-5-7-17(10(3)4)13-9-14(18-6-2)11(15)8-12(13)16/h8-10H,5-7,16H2,1-4H3. The van der Waals surface area contributed by atoms with Gasteiger partial charge in [-0.05, 0) is 27.2 Å². The SMILES string of the molecule is CCCN(c1cc(OCC)c(F)cc1N)C(C)C. The number of nitrogen functional groups attached to an aromatic ring is 1. The van der Waals surface area contributed by atoms with Crippen molar-refractivity contribution in [1.29, 1.82) is 0 Å². The monoisotopic (exact) mass is 254 g/mol. The third-order valence-corrected chi connectivity index (χ3v) is 2.78. The average Bonchev–Trinajstić information content (AvgIpc) is 2.30. The van der Waals surface area contributed by atoms with Gasteiger partial charge in [-0.1, -0.05) is 6.92 Å². The molecule has 3 nitrogen and oxygen atoms in total. The molecule has 102 valence electrons. The third-order valence-electron chi connectivity index (χ3n) is 2.78. The quantitative estimate of drug-likeness (QED) is 0.790. The molecule has 0 amide bonds. The van der Waals surface area contributed by atoms with Crippen LogP contribution in [0.2, 0.25) is 0 Å². The molecule has 0 saturated heterocycles. The maximum absolute atomic E-state index is 13.6. The van der Waals surface area contributed by atoms with Crippen LogP contribution in [0.4, 0.5) is 15.8 Å². The van der Waals surface area contributed by atoms with Crippen LogP contribution in [0.1, 0.15) is 34.1 Å². The van der Waals surface area contributed by atoms with Crippen LogP contribution < -0.4 is 15.4 Å². The molecule has 0 radical (unpaired) electrons. The summed E-state index contributed by atoms with van der Waals surface area (Å²) in [5, 5.41) is 0. The van der Waals surface area contributed by atoms with Crippen LogP contribution >= 0.6 is 0 Å². The number of ether oxygens (including phenoxy) is 1. The van der Waals surface area contributed by atoms with Crippen LogP contribution in [0.15, 0.2) is 12.1 Å². The van der Waals surface area contributed by atoms with Crippen LogP contribution in [-0.2, 0) is 0 Å². The van der Waals surface area contributed by atoms with Crippen LogP contribution in [0, 0.1) is 5.82 Å². The van der Waals surface area contributed by atoms with E-state index in [-0.39, 0.29) is 5.75 Å². The first kappa shape index (κ1) is 14.6. The predicted molar refractivity (Wildman–Crippen MR) is 74.8 cm³/mol. The van der Waals surface area contributed by atoms with E-state index in [1.165, 1.54) is 6.07 Å². The van der Waals surface area contributed by atoms with Crippen molar-refractivity contribution in [2.45, 2.75) is 40.2 Å². The molecule has 0 aliphatic rings. The number of hydrogen-bond acceptors (Lipinski definition) is 3. The molecule has 0 unspecified atom stereocenters. The van der Waals surface area contributed by atoms with Crippen molar-refractivity contribution in [1.82, 2.24) is 0 Å². The molecule has 2 N–H and O–H groups in total. The Morgan fingerprint density at radius 2 is 2.00 bits per heavy atom. The van der Waals surface area contributed by atoms with Gasteiger partial charge in [0.2, 0.25) is 0 Å². The molecule has 0 saturated carbocycles. The van der Waals surface area contributed by atoms with Gasteiger partial charge in [0.05, 0.1) is 18.0 Å². The summed E-state index contributed by atoms with van der Waals surface area (Å²) in [6.45, 7) is 9.46. The Bertz CT molecular complexity index is 394. The minimum atomic E-state index is -0.404. The summed E-state index contributed by atoms with van der Waals surface area (Å²) in [7, 11) is 0. The van der Waals surface area contributed by atoms with Gasteiger partial charge in [-0.2, -0.15) is 0 Å². The summed E-state index contributed by atoms with van der Waals surface area (Å²) >= 11 is 0. The van der Waals surface area contributed by atoms with Gasteiger partial charge in [-0.15, -0.1) is 0 Å². The average molecular weight is 254 g/mol. The molecule has 4 heteroatoms. The Morgan fingerprint density at radius 1 is 1.33 bits per heavy atom. The molecular weight excluding hydrogens is 231 g/mol. The Hall–Kier alpha value is -1.45. The first-order chi connectivity index (χ1) is 8.51. The summed E-state index contributed by atoms with van der Waals surface area (Å²) < 4.78 is 18.9. The summed E-state index contributed by atoms with van der Waals surface area (Å²) in [6, 6.07) is 3.35.